The molecule has 0 heterocycles. The van der Waals surface area contributed by atoms with Gasteiger partial charge >= 0.3 is 6.03 Å². The van der Waals surface area contributed by atoms with E-state index in [4.69, 9.17) is 5.73 Å². The van der Waals surface area contributed by atoms with Crippen LogP contribution in [0.15, 0.2) is 24.3 Å². The zero-order valence-corrected chi connectivity index (χ0v) is 12.1. The van der Waals surface area contributed by atoms with Crippen molar-refractivity contribution in [3.63, 3.8) is 0 Å². The molecule has 0 spiro atoms. The Labute approximate surface area is 123 Å². The van der Waals surface area contributed by atoms with Crippen LogP contribution in [0.5, 0.6) is 0 Å². The Morgan fingerprint density at radius 3 is 2.33 bits per heavy atom. The summed E-state index contributed by atoms with van der Waals surface area (Å²) < 4.78 is 0. The summed E-state index contributed by atoms with van der Waals surface area (Å²) in [4.78, 5) is 33.7. The number of hydrogen-bond acceptors (Lipinski definition) is 4. The van der Waals surface area contributed by atoms with Gasteiger partial charge in [0.15, 0.2) is 0 Å². The number of amides is 4. The summed E-state index contributed by atoms with van der Waals surface area (Å²) in [6.45, 7) is 4.30. The highest BCUT2D eigenvalue weighted by atomic mass is 16.2. The number of nitrogens with one attached hydrogen (secondary N) is 3. The van der Waals surface area contributed by atoms with Gasteiger partial charge in [-0.3, -0.25) is 14.9 Å². The number of aryl methyl sites for hydroxylation is 1. The van der Waals surface area contributed by atoms with Crippen molar-refractivity contribution in [2.75, 3.05) is 13.1 Å². The maximum atomic E-state index is 11.8. The molecular formula is C14H20N4O3. The van der Waals surface area contributed by atoms with Crippen LogP contribution in [0, 0.1) is 6.92 Å². The van der Waals surface area contributed by atoms with Gasteiger partial charge in [0, 0.05) is 18.7 Å². The largest absolute Gasteiger partial charge is 0.351 e. The highest BCUT2D eigenvalue weighted by Gasteiger charge is 2.13. The number of urea groups is 1. The molecule has 0 saturated heterocycles. The standard InChI is InChI=1S/C14H20N4O3/c1-9-3-5-11(6-4-9)13(20)17-8-7-16-10(2)12(19)18-14(15)21/h3-6,10,16H,7-8H2,1-2H3,(H,17,20)(H3,15,18,19,21). The van der Waals surface area contributed by atoms with Crippen LogP contribution in [-0.4, -0.2) is 37.0 Å². The first-order valence-corrected chi connectivity index (χ1v) is 6.58. The van der Waals surface area contributed by atoms with Crippen molar-refractivity contribution in [1.82, 2.24) is 16.0 Å². The first-order chi connectivity index (χ1) is 9.90. The number of nitrogens with two attached hydrogens (primary N) is 1. The van der Waals surface area contributed by atoms with Crippen LogP contribution in [0.2, 0.25) is 0 Å². The van der Waals surface area contributed by atoms with Crippen molar-refractivity contribution in [2.24, 2.45) is 5.73 Å². The summed E-state index contributed by atoms with van der Waals surface area (Å²) in [7, 11) is 0. The lowest BCUT2D eigenvalue weighted by Gasteiger charge is -2.12. The minimum absolute atomic E-state index is 0.175. The van der Waals surface area contributed by atoms with Crippen LogP contribution in [-0.2, 0) is 4.79 Å². The van der Waals surface area contributed by atoms with Gasteiger partial charge in [-0.05, 0) is 26.0 Å². The molecule has 5 N–H and O–H groups in total. The predicted molar refractivity (Wildman–Crippen MR) is 78.7 cm³/mol. The SMILES string of the molecule is Cc1ccc(C(=O)NCCNC(C)C(=O)NC(N)=O)cc1. The Morgan fingerprint density at radius 2 is 1.76 bits per heavy atom. The van der Waals surface area contributed by atoms with Gasteiger partial charge < -0.3 is 16.4 Å². The molecule has 1 unspecified atom stereocenters. The molecule has 4 amide bonds. The Bertz CT molecular complexity index is 513. The molecule has 0 aliphatic carbocycles. The molecule has 1 rings (SSSR count). The third-order valence-corrected chi connectivity index (χ3v) is 2.81. The van der Waals surface area contributed by atoms with E-state index in [1.165, 1.54) is 0 Å². The third-order valence-electron chi connectivity index (χ3n) is 2.81. The van der Waals surface area contributed by atoms with Gasteiger partial charge in [0.25, 0.3) is 5.91 Å². The second-order valence-corrected chi connectivity index (χ2v) is 4.65. The molecule has 7 heteroatoms. The van der Waals surface area contributed by atoms with Gasteiger partial charge in [-0.25, -0.2) is 4.79 Å². The van der Waals surface area contributed by atoms with Crippen molar-refractivity contribution in [1.29, 1.82) is 0 Å². The summed E-state index contributed by atoms with van der Waals surface area (Å²) in [5.41, 5.74) is 6.51. The molecular weight excluding hydrogens is 272 g/mol. The third kappa shape index (κ3) is 6.05. The molecule has 1 atom stereocenters. The van der Waals surface area contributed by atoms with Gasteiger partial charge in [-0.2, -0.15) is 0 Å². The number of hydrogen-bond donors (Lipinski definition) is 4. The highest BCUT2D eigenvalue weighted by Crippen LogP contribution is 2.02. The van der Waals surface area contributed by atoms with E-state index < -0.39 is 18.0 Å². The zero-order valence-electron chi connectivity index (χ0n) is 12.1. The van der Waals surface area contributed by atoms with E-state index in [-0.39, 0.29) is 5.91 Å². The maximum Gasteiger partial charge on any atom is 0.318 e. The average Bonchev–Trinajstić information content (AvgIpc) is 2.43. The normalized spacial score (nSPS) is 11.5. The molecule has 0 bridgehead atoms. The number of carbonyl (C=O) groups excluding carboxylic acids is 3. The lowest BCUT2D eigenvalue weighted by molar-refractivity contribution is -0.121. The Morgan fingerprint density at radius 1 is 1.14 bits per heavy atom. The summed E-state index contributed by atoms with van der Waals surface area (Å²) in [6, 6.07) is 5.77. The van der Waals surface area contributed by atoms with Crippen LogP contribution in [0.25, 0.3) is 0 Å². The van der Waals surface area contributed by atoms with Crippen molar-refractivity contribution < 1.29 is 14.4 Å². The number of imide groups is 1. The van der Waals surface area contributed by atoms with Gasteiger partial charge in [-0.15, -0.1) is 0 Å². The Balaban J connectivity index is 2.27. The van der Waals surface area contributed by atoms with Gasteiger partial charge in [0.05, 0.1) is 6.04 Å². The lowest BCUT2D eigenvalue weighted by Crippen LogP contribution is -2.48. The fraction of sp³-hybridized carbons (Fsp3) is 0.357. The lowest BCUT2D eigenvalue weighted by atomic mass is 10.1. The van der Waals surface area contributed by atoms with E-state index in [9.17, 15) is 14.4 Å². The first-order valence-electron chi connectivity index (χ1n) is 6.58. The van der Waals surface area contributed by atoms with E-state index in [0.717, 1.165) is 5.56 Å². The molecule has 0 radical (unpaired) electrons. The second kappa shape index (κ2) is 8.01. The summed E-state index contributed by atoms with van der Waals surface area (Å²) >= 11 is 0. The summed E-state index contributed by atoms with van der Waals surface area (Å²) in [6.07, 6.45) is 0. The monoisotopic (exact) mass is 292 g/mol. The van der Waals surface area contributed by atoms with Crippen molar-refractivity contribution >= 4 is 17.8 Å². The average molecular weight is 292 g/mol. The van der Waals surface area contributed by atoms with Gasteiger partial charge in [0.1, 0.15) is 0 Å². The van der Waals surface area contributed by atoms with E-state index in [1.54, 1.807) is 19.1 Å². The van der Waals surface area contributed by atoms with Crippen LogP contribution in [0.3, 0.4) is 0 Å². The van der Waals surface area contributed by atoms with E-state index in [2.05, 4.69) is 10.6 Å². The number of rotatable bonds is 6. The molecule has 0 aromatic heterocycles. The molecule has 0 fully saturated rings. The Hall–Kier alpha value is -2.41. The smallest absolute Gasteiger partial charge is 0.318 e. The zero-order chi connectivity index (χ0) is 15.8. The van der Waals surface area contributed by atoms with Gasteiger partial charge in [-0.1, -0.05) is 17.7 Å². The molecule has 1 aromatic rings. The molecule has 1 aromatic carbocycles. The topological polar surface area (TPSA) is 113 Å². The minimum Gasteiger partial charge on any atom is -0.351 e. The van der Waals surface area contributed by atoms with E-state index >= 15 is 0 Å². The van der Waals surface area contributed by atoms with Crippen molar-refractivity contribution in [2.45, 2.75) is 19.9 Å². The number of primary amides is 1. The second-order valence-electron chi connectivity index (χ2n) is 4.65. The highest BCUT2D eigenvalue weighted by molar-refractivity contribution is 5.96. The maximum absolute atomic E-state index is 11.8. The van der Waals surface area contributed by atoms with Gasteiger partial charge in [0.2, 0.25) is 5.91 Å². The minimum atomic E-state index is -0.888. The summed E-state index contributed by atoms with van der Waals surface area (Å²) in [5, 5.41) is 7.57. The van der Waals surface area contributed by atoms with Crippen molar-refractivity contribution in [3.05, 3.63) is 35.4 Å². The Kier molecular flexibility index (Phi) is 6.35. The molecule has 0 aliphatic rings. The van der Waals surface area contributed by atoms with Crippen LogP contribution >= 0.6 is 0 Å². The molecule has 21 heavy (non-hydrogen) atoms. The fourth-order valence-corrected chi connectivity index (χ4v) is 1.59. The fourth-order valence-electron chi connectivity index (χ4n) is 1.59. The molecule has 7 nitrogen and oxygen atoms in total. The molecule has 0 aliphatic heterocycles. The van der Waals surface area contributed by atoms with Crippen LogP contribution in [0.4, 0.5) is 4.79 Å². The van der Waals surface area contributed by atoms with E-state index in [0.29, 0.717) is 18.7 Å². The van der Waals surface area contributed by atoms with Crippen LogP contribution < -0.4 is 21.7 Å². The van der Waals surface area contributed by atoms with Crippen molar-refractivity contribution in [3.8, 4) is 0 Å². The molecule has 114 valence electrons. The molecule has 0 saturated carbocycles. The number of carbonyl (C=O) groups is 3. The predicted octanol–water partition coefficient (Wildman–Crippen LogP) is -0.102. The quantitative estimate of drug-likeness (QED) is 0.548. The first kappa shape index (κ1) is 16.6. The van der Waals surface area contributed by atoms with E-state index in [1.807, 2.05) is 24.4 Å². The van der Waals surface area contributed by atoms with Crippen LogP contribution in [0.1, 0.15) is 22.8 Å². The number of benzene rings is 1. The summed E-state index contributed by atoms with van der Waals surface area (Å²) in [5.74, 6) is -0.682.